The SMILES string of the molecule is O=C(CCc1ccccc1F)NCC(c1cccc(F)c1)N1CCOCC1. The molecular weight excluding hydrogens is 350 g/mol. The summed E-state index contributed by atoms with van der Waals surface area (Å²) in [6.45, 7) is 3.07. The molecule has 0 aromatic heterocycles. The highest BCUT2D eigenvalue weighted by atomic mass is 19.1. The molecule has 4 nitrogen and oxygen atoms in total. The number of carbonyl (C=O) groups excluding carboxylic acids is 1. The van der Waals surface area contributed by atoms with Crippen molar-refractivity contribution >= 4 is 5.91 Å². The van der Waals surface area contributed by atoms with Crippen LogP contribution in [-0.4, -0.2) is 43.7 Å². The van der Waals surface area contributed by atoms with Crippen LogP contribution in [0.15, 0.2) is 48.5 Å². The fraction of sp³-hybridized carbons (Fsp3) is 0.381. The zero-order chi connectivity index (χ0) is 19.1. The zero-order valence-electron chi connectivity index (χ0n) is 15.2. The summed E-state index contributed by atoms with van der Waals surface area (Å²) in [5, 5.41) is 2.92. The fourth-order valence-corrected chi connectivity index (χ4v) is 3.31. The van der Waals surface area contributed by atoms with Crippen molar-refractivity contribution in [1.82, 2.24) is 10.2 Å². The molecule has 2 aromatic rings. The number of ether oxygens (including phenoxy) is 1. The normalized spacial score (nSPS) is 16.1. The first-order valence-corrected chi connectivity index (χ1v) is 9.21. The summed E-state index contributed by atoms with van der Waals surface area (Å²) >= 11 is 0. The van der Waals surface area contributed by atoms with Gasteiger partial charge in [-0.3, -0.25) is 9.69 Å². The van der Waals surface area contributed by atoms with Gasteiger partial charge in [-0.15, -0.1) is 0 Å². The summed E-state index contributed by atoms with van der Waals surface area (Å²) < 4.78 is 32.7. The van der Waals surface area contributed by atoms with Crippen molar-refractivity contribution in [3.8, 4) is 0 Å². The van der Waals surface area contributed by atoms with E-state index in [-0.39, 0.29) is 30.0 Å². The number of halogens is 2. The Bertz CT molecular complexity index is 763. The molecule has 1 heterocycles. The predicted octanol–water partition coefficient (Wildman–Crippen LogP) is 3.09. The largest absolute Gasteiger partial charge is 0.379 e. The van der Waals surface area contributed by atoms with Crippen molar-refractivity contribution in [2.45, 2.75) is 18.9 Å². The number of nitrogens with zero attached hydrogens (tertiary/aromatic N) is 1. The van der Waals surface area contributed by atoms with Gasteiger partial charge in [-0.25, -0.2) is 8.78 Å². The van der Waals surface area contributed by atoms with Gasteiger partial charge in [0.15, 0.2) is 0 Å². The van der Waals surface area contributed by atoms with E-state index in [0.717, 1.165) is 18.7 Å². The summed E-state index contributed by atoms with van der Waals surface area (Å²) in [7, 11) is 0. The maximum Gasteiger partial charge on any atom is 0.220 e. The molecule has 0 bridgehead atoms. The minimum atomic E-state index is -0.295. The lowest BCUT2D eigenvalue weighted by molar-refractivity contribution is -0.121. The van der Waals surface area contributed by atoms with Gasteiger partial charge in [-0.05, 0) is 35.7 Å². The molecule has 0 aliphatic carbocycles. The van der Waals surface area contributed by atoms with Crippen molar-refractivity contribution in [3.05, 3.63) is 71.3 Å². The van der Waals surface area contributed by atoms with Gasteiger partial charge >= 0.3 is 0 Å². The molecular formula is C21H24F2N2O2. The van der Waals surface area contributed by atoms with Crippen LogP contribution in [0.25, 0.3) is 0 Å². The third kappa shape index (κ3) is 5.58. The topological polar surface area (TPSA) is 41.6 Å². The Morgan fingerprint density at radius 1 is 1.11 bits per heavy atom. The van der Waals surface area contributed by atoms with Crippen LogP contribution in [0.1, 0.15) is 23.6 Å². The van der Waals surface area contributed by atoms with E-state index in [1.807, 2.05) is 6.07 Å². The van der Waals surface area contributed by atoms with E-state index < -0.39 is 0 Å². The Hall–Kier alpha value is -2.31. The lowest BCUT2D eigenvalue weighted by Crippen LogP contribution is -2.43. The number of amides is 1. The van der Waals surface area contributed by atoms with Gasteiger partial charge in [0, 0.05) is 26.1 Å². The first kappa shape index (κ1) is 19.5. The van der Waals surface area contributed by atoms with Crippen LogP contribution < -0.4 is 5.32 Å². The molecule has 1 unspecified atom stereocenters. The molecule has 1 N–H and O–H groups in total. The lowest BCUT2D eigenvalue weighted by Gasteiger charge is -2.35. The Balaban J connectivity index is 1.60. The second-order valence-electron chi connectivity index (χ2n) is 6.61. The van der Waals surface area contributed by atoms with Crippen LogP contribution in [0.2, 0.25) is 0 Å². The Labute approximate surface area is 158 Å². The van der Waals surface area contributed by atoms with E-state index in [2.05, 4.69) is 10.2 Å². The molecule has 1 amide bonds. The van der Waals surface area contributed by atoms with E-state index in [4.69, 9.17) is 4.74 Å². The molecule has 1 atom stereocenters. The van der Waals surface area contributed by atoms with Crippen LogP contribution in [-0.2, 0) is 16.0 Å². The average Bonchev–Trinajstić information content (AvgIpc) is 2.68. The number of rotatable bonds is 7. The first-order chi connectivity index (χ1) is 13.1. The molecule has 3 rings (SSSR count). The van der Waals surface area contributed by atoms with Crippen LogP contribution >= 0.6 is 0 Å². The van der Waals surface area contributed by atoms with Gasteiger partial charge in [0.25, 0.3) is 0 Å². The molecule has 2 aromatic carbocycles. The van der Waals surface area contributed by atoms with E-state index in [1.54, 1.807) is 24.3 Å². The molecule has 0 radical (unpaired) electrons. The van der Waals surface area contributed by atoms with E-state index in [1.165, 1.54) is 18.2 Å². The Kier molecular flexibility index (Phi) is 6.90. The van der Waals surface area contributed by atoms with Gasteiger partial charge in [0.2, 0.25) is 5.91 Å². The number of carbonyl (C=O) groups is 1. The van der Waals surface area contributed by atoms with E-state index in [0.29, 0.717) is 31.7 Å². The highest BCUT2D eigenvalue weighted by Gasteiger charge is 2.23. The lowest BCUT2D eigenvalue weighted by atomic mass is 10.0. The maximum atomic E-state index is 13.7. The molecule has 144 valence electrons. The predicted molar refractivity (Wildman–Crippen MR) is 99.3 cm³/mol. The molecule has 1 aliphatic heterocycles. The summed E-state index contributed by atoms with van der Waals surface area (Å²) in [6.07, 6.45) is 0.556. The van der Waals surface area contributed by atoms with Crippen molar-refractivity contribution < 1.29 is 18.3 Å². The molecule has 0 spiro atoms. The molecule has 27 heavy (non-hydrogen) atoms. The second-order valence-corrected chi connectivity index (χ2v) is 6.61. The number of nitrogens with one attached hydrogen (secondary N) is 1. The Morgan fingerprint density at radius 2 is 1.89 bits per heavy atom. The number of hydrogen-bond donors (Lipinski definition) is 1. The van der Waals surface area contributed by atoms with Gasteiger partial charge < -0.3 is 10.1 Å². The number of hydrogen-bond acceptors (Lipinski definition) is 3. The van der Waals surface area contributed by atoms with E-state index >= 15 is 0 Å². The van der Waals surface area contributed by atoms with E-state index in [9.17, 15) is 13.6 Å². The average molecular weight is 374 g/mol. The first-order valence-electron chi connectivity index (χ1n) is 9.21. The van der Waals surface area contributed by atoms with Crippen molar-refractivity contribution in [3.63, 3.8) is 0 Å². The molecule has 0 saturated carbocycles. The van der Waals surface area contributed by atoms with Crippen LogP contribution in [0.5, 0.6) is 0 Å². The highest BCUT2D eigenvalue weighted by molar-refractivity contribution is 5.76. The van der Waals surface area contributed by atoms with Gasteiger partial charge in [0.05, 0.1) is 19.3 Å². The van der Waals surface area contributed by atoms with Crippen LogP contribution in [0.4, 0.5) is 8.78 Å². The summed E-state index contributed by atoms with van der Waals surface area (Å²) in [5.74, 6) is -0.735. The minimum absolute atomic E-state index is 0.123. The fourth-order valence-electron chi connectivity index (χ4n) is 3.31. The smallest absolute Gasteiger partial charge is 0.220 e. The van der Waals surface area contributed by atoms with Crippen LogP contribution in [0.3, 0.4) is 0 Å². The Morgan fingerprint density at radius 3 is 2.63 bits per heavy atom. The van der Waals surface area contributed by atoms with Gasteiger partial charge in [0.1, 0.15) is 11.6 Å². The third-order valence-electron chi connectivity index (χ3n) is 4.79. The van der Waals surface area contributed by atoms with Crippen molar-refractivity contribution in [2.75, 3.05) is 32.8 Å². The quantitative estimate of drug-likeness (QED) is 0.810. The molecule has 1 fully saturated rings. The molecule has 6 heteroatoms. The third-order valence-corrected chi connectivity index (χ3v) is 4.79. The summed E-state index contributed by atoms with van der Waals surface area (Å²) in [6, 6.07) is 12.8. The van der Waals surface area contributed by atoms with Crippen molar-refractivity contribution in [1.29, 1.82) is 0 Å². The van der Waals surface area contributed by atoms with Crippen molar-refractivity contribution in [2.24, 2.45) is 0 Å². The number of benzene rings is 2. The second kappa shape index (κ2) is 9.58. The van der Waals surface area contributed by atoms with Gasteiger partial charge in [-0.1, -0.05) is 30.3 Å². The maximum absolute atomic E-state index is 13.7. The number of aryl methyl sites for hydroxylation is 1. The summed E-state index contributed by atoms with van der Waals surface area (Å²) in [4.78, 5) is 14.5. The number of morpholine rings is 1. The van der Waals surface area contributed by atoms with Gasteiger partial charge in [-0.2, -0.15) is 0 Å². The van der Waals surface area contributed by atoms with Crippen LogP contribution in [0, 0.1) is 11.6 Å². The highest BCUT2D eigenvalue weighted by Crippen LogP contribution is 2.22. The summed E-state index contributed by atoms with van der Waals surface area (Å²) in [5.41, 5.74) is 1.36. The zero-order valence-corrected chi connectivity index (χ0v) is 15.2. The molecule has 1 saturated heterocycles. The minimum Gasteiger partial charge on any atom is -0.379 e. The standard InChI is InChI=1S/C21H24F2N2O2/c22-18-6-3-5-17(14-18)20(25-10-12-27-13-11-25)15-24-21(26)9-8-16-4-1-2-7-19(16)23/h1-7,14,20H,8-13,15H2,(H,24,26). The molecule has 1 aliphatic rings. The monoisotopic (exact) mass is 374 g/mol.